The number of benzene rings is 2. The lowest BCUT2D eigenvalue weighted by atomic mass is 10.0. The molecule has 0 N–H and O–H groups in total. The normalized spacial score (nSPS) is 10.6. The molecule has 0 unspecified atom stereocenters. The molecule has 0 spiro atoms. The standard InChI is InChI=1S/C19H20O4/c1-13-15(11-17(22-3)12-19(13)23-4)7-10-18(20)14-5-8-16(21-2)9-6-14/h5-12H,1-4H3/b10-7+. The van der Waals surface area contributed by atoms with Crippen LogP contribution in [0, 0.1) is 6.92 Å². The molecule has 0 aromatic heterocycles. The lowest BCUT2D eigenvalue weighted by Gasteiger charge is -2.10. The largest absolute Gasteiger partial charge is 0.497 e. The predicted octanol–water partition coefficient (Wildman–Crippen LogP) is 3.92. The number of allylic oxidation sites excluding steroid dienone is 1. The molecule has 0 saturated carbocycles. The summed E-state index contributed by atoms with van der Waals surface area (Å²) >= 11 is 0. The molecule has 0 fully saturated rings. The zero-order chi connectivity index (χ0) is 16.8. The highest BCUT2D eigenvalue weighted by Crippen LogP contribution is 2.29. The first-order valence-corrected chi connectivity index (χ1v) is 7.18. The summed E-state index contributed by atoms with van der Waals surface area (Å²) in [5.41, 5.74) is 2.43. The number of hydrogen-bond donors (Lipinski definition) is 0. The van der Waals surface area contributed by atoms with Crippen molar-refractivity contribution in [1.29, 1.82) is 0 Å². The summed E-state index contributed by atoms with van der Waals surface area (Å²) in [7, 11) is 4.80. The van der Waals surface area contributed by atoms with Crippen molar-refractivity contribution in [3.8, 4) is 17.2 Å². The summed E-state index contributed by atoms with van der Waals surface area (Å²) in [5.74, 6) is 2.05. The highest BCUT2D eigenvalue weighted by molar-refractivity contribution is 6.07. The molecule has 0 aliphatic carbocycles. The second-order valence-corrected chi connectivity index (χ2v) is 4.97. The van der Waals surface area contributed by atoms with Gasteiger partial charge in [0.2, 0.25) is 0 Å². The van der Waals surface area contributed by atoms with Crippen LogP contribution in [0.4, 0.5) is 0 Å². The molecular formula is C19H20O4. The van der Waals surface area contributed by atoms with Gasteiger partial charge in [-0.2, -0.15) is 0 Å². The minimum atomic E-state index is -0.0751. The van der Waals surface area contributed by atoms with E-state index in [9.17, 15) is 4.79 Å². The van der Waals surface area contributed by atoms with E-state index in [1.807, 2.05) is 19.1 Å². The molecule has 23 heavy (non-hydrogen) atoms. The lowest BCUT2D eigenvalue weighted by molar-refractivity contribution is 0.104. The molecule has 0 amide bonds. The van der Waals surface area contributed by atoms with Crippen LogP contribution in [0.2, 0.25) is 0 Å². The van der Waals surface area contributed by atoms with E-state index < -0.39 is 0 Å². The minimum absolute atomic E-state index is 0.0751. The van der Waals surface area contributed by atoms with E-state index in [0.29, 0.717) is 11.3 Å². The van der Waals surface area contributed by atoms with Crippen molar-refractivity contribution in [1.82, 2.24) is 0 Å². The van der Waals surface area contributed by atoms with E-state index in [2.05, 4.69) is 0 Å². The van der Waals surface area contributed by atoms with Crippen molar-refractivity contribution in [3.05, 3.63) is 59.2 Å². The summed E-state index contributed by atoms with van der Waals surface area (Å²) < 4.78 is 15.7. The number of carbonyl (C=O) groups is 1. The van der Waals surface area contributed by atoms with Crippen molar-refractivity contribution in [3.63, 3.8) is 0 Å². The summed E-state index contributed by atoms with van der Waals surface area (Å²) in [6, 6.07) is 10.7. The number of ketones is 1. The van der Waals surface area contributed by atoms with Crippen molar-refractivity contribution in [2.75, 3.05) is 21.3 Å². The van der Waals surface area contributed by atoms with Gasteiger partial charge >= 0.3 is 0 Å². The Morgan fingerprint density at radius 1 is 0.913 bits per heavy atom. The Bertz CT molecular complexity index is 715. The Morgan fingerprint density at radius 3 is 2.13 bits per heavy atom. The van der Waals surface area contributed by atoms with Gasteiger partial charge in [-0.1, -0.05) is 6.08 Å². The third-order valence-electron chi connectivity index (χ3n) is 3.62. The van der Waals surface area contributed by atoms with Gasteiger partial charge in [-0.3, -0.25) is 4.79 Å². The first-order chi connectivity index (χ1) is 11.1. The second kappa shape index (κ2) is 7.49. The minimum Gasteiger partial charge on any atom is -0.497 e. The zero-order valence-electron chi connectivity index (χ0n) is 13.8. The van der Waals surface area contributed by atoms with Gasteiger partial charge in [-0.05, 0) is 54.5 Å². The second-order valence-electron chi connectivity index (χ2n) is 4.97. The van der Waals surface area contributed by atoms with Crippen LogP contribution >= 0.6 is 0 Å². The highest BCUT2D eigenvalue weighted by Gasteiger charge is 2.07. The smallest absolute Gasteiger partial charge is 0.185 e. The van der Waals surface area contributed by atoms with Crippen LogP contribution in [0.5, 0.6) is 17.2 Å². The number of methoxy groups -OCH3 is 3. The van der Waals surface area contributed by atoms with Gasteiger partial charge in [0.25, 0.3) is 0 Å². The monoisotopic (exact) mass is 312 g/mol. The molecule has 0 aliphatic heterocycles. The van der Waals surface area contributed by atoms with E-state index >= 15 is 0 Å². The van der Waals surface area contributed by atoms with Crippen molar-refractivity contribution < 1.29 is 19.0 Å². The Labute approximate surface area is 136 Å². The SMILES string of the molecule is COc1ccc(C(=O)/C=C/c2cc(OC)cc(OC)c2C)cc1. The molecule has 4 heteroatoms. The number of rotatable bonds is 6. The fraction of sp³-hybridized carbons (Fsp3) is 0.211. The number of carbonyl (C=O) groups excluding carboxylic acids is 1. The van der Waals surface area contributed by atoms with Crippen molar-refractivity contribution >= 4 is 11.9 Å². The van der Waals surface area contributed by atoms with Crippen LogP contribution in [-0.4, -0.2) is 27.1 Å². The van der Waals surface area contributed by atoms with Gasteiger partial charge in [-0.25, -0.2) is 0 Å². The van der Waals surface area contributed by atoms with Crippen LogP contribution in [0.1, 0.15) is 21.5 Å². The van der Waals surface area contributed by atoms with E-state index in [1.165, 1.54) is 0 Å². The Hall–Kier alpha value is -2.75. The first-order valence-electron chi connectivity index (χ1n) is 7.18. The molecule has 0 bridgehead atoms. The average molecular weight is 312 g/mol. The van der Waals surface area contributed by atoms with Crippen LogP contribution in [0.15, 0.2) is 42.5 Å². The average Bonchev–Trinajstić information content (AvgIpc) is 2.60. The van der Waals surface area contributed by atoms with Crippen LogP contribution in [0.3, 0.4) is 0 Å². The van der Waals surface area contributed by atoms with E-state index in [4.69, 9.17) is 14.2 Å². The van der Waals surface area contributed by atoms with Gasteiger partial charge in [0, 0.05) is 11.6 Å². The Morgan fingerprint density at radius 2 is 1.57 bits per heavy atom. The highest BCUT2D eigenvalue weighted by atomic mass is 16.5. The molecule has 0 atom stereocenters. The van der Waals surface area contributed by atoms with Crippen LogP contribution in [-0.2, 0) is 0 Å². The Balaban J connectivity index is 2.26. The topological polar surface area (TPSA) is 44.8 Å². The quantitative estimate of drug-likeness (QED) is 0.599. The predicted molar refractivity (Wildman–Crippen MR) is 90.6 cm³/mol. The fourth-order valence-corrected chi connectivity index (χ4v) is 2.20. The van der Waals surface area contributed by atoms with Crippen LogP contribution in [0.25, 0.3) is 6.08 Å². The van der Waals surface area contributed by atoms with Crippen molar-refractivity contribution in [2.24, 2.45) is 0 Å². The number of ether oxygens (including phenoxy) is 3. The molecule has 2 aromatic carbocycles. The summed E-state index contributed by atoms with van der Waals surface area (Å²) in [6.45, 7) is 1.94. The van der Waals surface area contributed by atoms with Gasteiger partial charge in [0.1, 0.15) is 17.2 Å². The molecule has 0 heterocycles. The third kappa shape index (κ3) is 3.92. The van der Waals surface area contributed by atoms with Crippen molar-refractivity contribution in [2.45, 2.75) is 6.92 Å². The molecule has 0 saturated heterocycles. The van der Waals surface area contributed by atoms with Gasteiger partial charge < -0.3 is 14.2 Å². The maximum atomic E-state index is 12.2. The molecule has 2 rings (SSSR count). The van der Waals surface area contributed by atoms with E-state index in [1.54, 1.807) is 57.7 Å². The maximum absolute atomic E-state index is 12.2. The summed E-state index contributed by atoms with van der Waals surface area (Å²) in [6.07, 6.45) is 3.32. The Kier molecular flexibility index (Phi) is 5.41. The fourth-order valence-electron chi connectivity index (χ4n) is 2.20. The molecule has 4 nitrogen and oxygen atoms in total. The van der Waals surface area contributed by atoms with E-state index in [0.717, 1.165) is 22.6 Å². The first kappa shape index (κ1) is 16.6. The zero-order valence-corrected chi connectivity index (χ0v) is 13.8. The third-order valence-corrected chi connectivity index (χ3v) is 3.62. The lowest BCUT2D eigenvalue weighted by Crippen LogP contribution is -1.96. The van der Waals surface area contributed by atoms with Gasteiger partial charge in [-0.15, -0.1) is 0 Å². The molecule has 120 valence electrons. The molecular weight excluding hydrogens is 292 g/mol. The van der Waals surface area contributed by atoms with E-state index in [-0.39, 0.29) is 5.78 Å². The van der Waals surface area contributed by atoms with Gasteiger partial charge in [0.05, 0.1) is 21.3 Å². The van der Waals surface area contributed by atoms with Gasteiger partial charge in [0.15, 0.2) is 5.78 Å². The summed E-state index contributed by atoms with van der Waals surface area (Å²) in [4.78, 5) is 12.2. The maximum Gasteiger partial charge on any atom is 0.185 e. The molecule has 0 radical (unpaired) electrons. The number of hydrogen-bond acceptors (Lipinski definition) is 4. The molecule has 0 aliphatic rings. The summed E-state index contributed by atoms with van der Waals surface area (Å²) in [5, 5.41) is 0. The molecule has 2 aromatic rings. The van der Waals surface area contributed by atoms with Crippen LogP contribution < -0.4 is 14.2 Å².